The first-order chi connectivity index (χ1) is 13.6. The Morgan fingerprint density at radius 2 is 1.69 bits per heavy atom. The second kappa shape index (κ2) is 9.26. The van der Waals surface area contributed by atoms with Crippen molar-refractivity contribution in [2.45, 2.75) is 26.1 Å². The third-order valence-electron chi connectivity index (χ3n) is 4.22. The van der Waals surface area contributed by atoms with E-state index < -0.39 is 17.8 Å². The lowest BCUT2D eigenvalue weighted by Gasteiger charge is -2.24. The number of halogens is 4. The summed E-state index contributed by atoms with van der Waals surface area (Å²) in [4.78, 5) is 12.8. The first-order valence-electron chi connectivity index (χ1n) is 8.73. The molecule has 0 aliphatic heterocycles. The maximum Gasteiger partial charge on any atom is 0.416 e. The van der Waals surface area contributed by atoms with Crippen LogP contribution in [0.1, 0.15) is 19.4 Å². The molecule has 0 aromatic heterocycles. The van der Waals surface area contributed by atoms with E-state index in [1.807, 2.05) is 0 Å². The standard InChI is InChI=1S/C20H22ClF3N2O3/c1-11(2)18(25-15-7-5-12(9-14(15)21)20(22,23)24)19(27)26-16-8-6-13(28-3)10-17(16)29-4/h5-11,18,25H,1-4H3,(H,26,27). The Morgan fingerprint density at radius 3 is 2.21 bits per heavy atom. The number of hydrogen-bond acceptors (Lipinski definition) is 4. The Hall–Kier alpha value is -2.61. The molecule has 0 bridgehead atoms. The molecule has 29 heavy (non-hydrogen) atoms. The third kappa shape index (κ3) is 5.69. The first kappa shape index (κ1) is 22.7. The number of carbonyl (C=O) groups is 1. The van der Waals surface area contributed by atoms with Gasteiger partial charge >= 0.3 is 6.18 Å². The number of carbonyl (C=O) groups excluding carboxylic acids is 1. The molecule has 9 heteroatoms. The van der Waals surface area contributed by atoms with Gasteiger partial charge in [-0.3, -0.25) is 4.79 Å². The molecule has 0 saturated heterocycles. The van der Waals surface area contributed by atoms with Gasteiger partial charge in [-0.2, -0.15) is 13.2 Å². The highest BCUT2D eigenvalue weighted by Crippen LogP contribution is 2.34. The highest BCUT2D eigenvalue weighted by molar-refractivity contribution is 6.33. The lowest BCUT2D eigenvalue weighted by molar-refractivity contribution is -0.137. The van der Waals surface area contributed by atoms with Gasteiger partial charge in [-0.25, -0.2) is 0 Å². The van der Waals surface area contributed by atoms with E-state index in [1.54, 1.807) is 32.0 Å². The van der Waals surface area contributed by atoms with E-state index in [0.29, 0.717) is 17.2 Å². The SMILES string of the molecule is COc1ccc(NC(=O)C(Nc2ccc(C(F)(F)F)cc2Cl)C(C)C)c(OC)c1. The average molecular weight is 431 g/mol. The number of anilines is 2. The van der Waals surface area contributed by atoms with Crippen LogP contribution in [-0.2, 0) is 11.0 Å². The number of rotatable bonds is 7. The van der Waals surface area contributed by atoms with Crippen LogP contribution in [0.2, 0.25) is 5.02 Å². The van der Waals surface area contributed by atoms with E-state index in [2.05, 4.69) is 10.6 Å². The zero-order chi connectivity index (χ0) is 21.8. The molecule has 1 unspecified atom stereocenters. The van der Waals surface area contributed by atoms with Gasteiger partial charge in [0.15, 0.2) is 0 Å². The molecule has 5 nitrogen and oxygen atoms in total. The zero-order valence-electron chi connectivity index (χ0n) is 16.4. The molecule has 0 saturated carbocycles. The van der Waals surface area contributed by atoms with Gasteiger partial charge in [0, 0.05) is 6.07 Å². The zero-order valence-corrected chi connectivity index (χ0v) is 17.1. The van der Waals surface area contributed by atoms with Crippen LogP contribution in [-0.4, -0.2) is 26.2 Å². The Labute approximate surface area is 172 Å². The van der Waals surface area contributed by atoms with Crippen LogP contribution < -0.4 is 20.1 Å². The van der Waals surface area contributed by atoms with E-state index in [1.165, 1.54) is 20.3 Å². The van der Waals surface area contributed by atoms with Crippen molar-refractivity contribution in [1.29, 1.82) is 0 Å². The number of amides is 1. The van der Waals surface area contributed by atoms with Crippen LogP contribution in [0.15, 0.2) is 36.4 Å². The molecule has 2 aromatic rings. The summed E-state index contributed by atoms with van der Waals surface area (Å²) >= 11 is 6.00. The molecule has 0 aliphatic carbocycles. The van der Waals surface area contributed by atoms with Crippen molar-refractivity contribution in [1.82, 2.24) is 0 Å². The number of alkyl halides is 3. The molecule has 1 amide bonds. The predicted molar refractivity (Wildman–Crippen MR) is 107 cm³/mol. The number of benzene rings is 2. The largest absolute Gasteiger partial charge is 0.497 e. The Kier molecular flexibility index (Phi) is 7.24. The normalized spacial score (nSPS) is 12.4. The summed E-state index contributed by atoms with van der Waals surface area (Å²) in [6.07, 6.45) is -4.50. The molecular formula is C20H22ClF3N2O3. The smallest absolute Gasteiger partial charge is 0.416 e. The second-order valence-electron chi connectivity index (χ2n) is 6.61. The van der Waals surface area contributed by atoms with Crippen molar-refractivity contribution in [3.63, 3.8) is 0 Å². The maximum atomic E-state index is 12.8. The predicted octanol–water partition coefficient (Wildman–Crippen LogP) is 5.45. The molecule has 0 fully saturated rings. The lowest BCUT2D eigenvalue weighted by Crippen LogP contribution is -2.39. The molecule has 158 valence electrons. The molecule has 2 N–H and O–H groups in total. The average Bonchev–Trinajstić information content (AvgIpc) is 2.66. The molecule has 0 heterocycles. The summed E-state index contributed by atoms with van der Waals surface area (Å²) in [6, 6.07) is 7.13. The minimum Gasteiger partial charge on any atom is -0.497 e. The van der Waals surface area contributed by atoms with Gasteiger partial charge in [0.2, 0.25) is 5.91 Å². The topological polar surface area (TPSA) is 59.6 Å². The van der Waals surface area contributed by atoms with Crippen molar-refractivity contribution < 1.29 is 27.4 Å². The van der Waals surface area contributed by atoms with Crippen molar-refractivity contribution in [2.24, 2.45) is 5.92 Å². The fraction of sp³-hybridized carbons (Fsp3) is 0.350. The minimum absolute atomic E-state index is 0.125. The van der Waals surface area contributed by atoms with Gasteiger partial charge < -0.3 is 20.1 Å². The second-order valence-corrected chi connectivity index (χ2v) is 7.02. The molecule has 0 spiro atoms. The number of nitrogens with one attached hydrogen (secondary N) is 2. The molecule has 2 aromatic carbocycles. The van der Waals surface area contributed by atoms with Crippen molar-refractivity contribution >= 4 is 28.9 Å². The first-order valence-corrected chi connectivity index (χ1v) is 9.10. The molecule has 0 aliphatic rings. The highest BCUT2D eigenvalue weighted by Gasteiger charge is 2.31. The Morgan fingerprint density at radius 1 is 1.03 bits per heavy atom. The van der Waals surface area contributed by atoms with Crippen LogP contribution in [0.25, 0.3) is 0 Å². The van der Waals surface area contributed by atoms with Gasteiger partial charge in [0.05, 0.1) is 36.2 Å². The third-order valence-corrected chi connectivity index (χ3v) is 4.54. The monoisotopic (exact) mass is 430 g/mol. The van der Waals surface area contributed by atoms with Gasteiger partial charge in [-0.1, -0.05) is 25.4 Å². The van der Waals surface area contributed by atoms with Crippen LogP contribution >= 0.6 is 11.6 Å². The molecule has 1 atom stereocenters. The van der Waals surface area contributed by atoms with Gasteiger partial charge in [0.25, 0.3) is 0 Å². The summed E-state index contributed by atoms with van der Waals surface area (Å²) in [5.74, 6) is 0.403. The van der Waals surface area contributed by atoms with Crippen LogP contribution in [0.4, 0.5) is 24.5 Å². The Bertz CT molecular complexity index is 873. The lowest BCUT2D eigenvalue weighted by atomic mass is 10.0. The summed E-state index contributed by atoms with van der Waals surface area (Å²) < 4.78 is 48.9. The fourth-order valence-corrected chi connectivity index (χ4v) is 2.86. The van der Waals surface area contributed by atoms with Crippen LogP contribution in [0.3, 0.4) is 0 Å². The number of hydrogen-bond donors (Lipinski definition) is 2. The highest BCUT2D eigenvalue weighted by atomic mass is 35.5. The van der Waals surface area contributed by atoms with Crippen molar-refractivity contribution in [2.75, 3.05) is 24.9 Å². The van der Waals surface area contributed by atoms with Crippen molar-refractivity contribution in [3.8, 4) is 11.5 Å². The van der Waals surface area contributed by atoms with Crippen LogP contribution in [0.5, 0.6) is 11.5 Å². The van der Waals surface area contributed by atoms with E-state index in [9.17, 15) is 18.0 Å². The maximum absolute atomic E-state index is 12.8. The van der Waals surface area contributed by atoms with E-state index >= 15 is 0 Å². The summed E-state index contributed by atoms with van der Waals surface area (Å²) in [5, 5.41) is 5.57. The van der Waals surface area contributed by atoms with Gasteiger partial charge in [0.1, 0.15) is 17.5 Å². The van der Waals surface area contributed by atoms with Gasteiger partial charge in [-0.15, -0.1) is 0 Å². The van der Waals surface area contributed by atoms with Crippen LogP contribution in [0, 0.1) is 5.92 Å². The number of methoxy groups -OCH3 is 2. The summed E-state index contributed by atoms with van der Waals surface area (Å²) in [5.41, 5.74) is -0.193. The summed E-state index contributed by atoms with van der Waals surface area (Å²) in [6.45, 7) is 3.61. The quantitative estimate of drug-likeness (QED) is 0.613. The molecule has 0 radical (unpaired) electrons. The fourth-order valence-electron chi connectivity index (χ4n) is 2.62. The van der Waals surface area contributed by atoms with E-state index in [4.69, 9.17) is 21.1 Å². The minimum atomic E-state index is -4.50. The Balaban J connectivity index is 2.23. The van der Waals surface area contributed by atoms with E-state index in [0.717, 1.165) is 12.1 Å². The molecule has 2 rings (SSSR count). The summed E-state index contributed by atoms with van der Waals surface area (Å²) in [7, 11) is 2.98. The number of ether oxygens (including phenoxy) is 2. The van der Waals surface area contributed by atoms with E-state index in [-0.39, 0.29) is 22.5 Å². The van der Waals surface area contributed by atoms with Gasteiger partial charge in [-0.05, 0) is 36.2 Å². The van der Waals surface area contributed by atoms with Crippen molar-refractivity contribution in [3.05, 3.63) is 47.0 Å². The molecular weight excluding hydrogens is 409 g/mol.